The Morgan fingerprint density at radius 1 is 0.672 bits per heavy atom. The number of amides is 3. The number of rotatable bonds is 11. The van der Waals surface area contributed by atoms with Gasteiger partial charge in [-0.2, -0.15) is 54.0 Å². The predicted molar refractivity (Wildman–Crippen MR) is 253 cm³/mol. The van der Waals surface area contributed by atoms with Crippen LogP contribution in [0, 0.1) is 17.8 Å². The number of fused-ring (bicyclic) bond motifs is 2. The zero-order valence-electron chi connectivity index (χ0n) is 34.3. The first-order valence-electron chi connectivity index (χ1n) is 19.5. The molecule has 2 aliphatic heterocycles. The number of alkyl carbamates (subject to hydrolysis) is 1. The first-order chi connectivity index (χ1) is 26.0. The van der Waals surface area contributed by atoms with Crippen LogP contribution in [0.4, 0.5) is 4.79 Å². The summed E-state index contributed by atoms with van der Waals surface area (Å²) < 4.78 is 4.80. The quantitative estimate of drug-likeness (QED) is 0.121. The largest absolute Gasteiger partial charge is 0.453 e. The number of aromatic nitrogens is 4. The van der Waals surface area contributed by atoms with Crippen LogP contribution < -0.4 is 5.32 Å². The normalized spacial score (nSPS) is 17.3. The van der Waals surface area contributed by atoms with Crippen LogP contribution in [0.1, 0.15) is 96.9 Å². The van der Waals surface area contributed by atoms with E-state index in [-0.39, 0.29) is 89.7 Å². The molecule has 0 spiro atoms. The molecule has 2 fully saturated rings. The molecule has 0 radical (unpaired) electrons. The predicted octanol–water partition coefficient (Wildman–Crippen LogP) is 9.00. The molecule has 3 N–H and O–H groups in total. The summed E-state index contributed by atoms with van der Waals surface area (Å²) >= 11 is 0. The Bertz CT molecular complexity index is 2160. The van der Waals surface area contributed by atoms with E-state index in [9.17, 15) is 14.4 Å². The number of hydrogen-bond donors (Lipinski definition) is 3. The van der Waals surface area contributed by atoms with E-state index < -0.39 is 12.1 Å². The third-order valence-electron chi connectivity index (χ3n) is 11.0. The topological polar surface area (TPSA) is 136 Å². The molecule has 2 aliphatic rings. The van der Waals surface area contributed by atoms with E-state index in [1.165, 1.54) is 7.11 Å². The van der Waals surface area contributed by atoms with E-state index in [1.807, 2.05) is 36.6 Å². The van der Waals surface area contributed by atoms with Crippen LogP contribution in [0.25, 0.3) is 44.3 Å². The Morgan fingerprint density at radius 2 is 1.10 bits per heavy atom. The minimum absolute atomic E-state index is 0. The Labute approximate surface area is 370 Å². The number of carbonyl (C=O) groups excluding carboxylic acids is 3. The number of nitrogens with zero attached hydrogens (tertiary/aromatic N) is 4. The number of carbonyl (C=O) groups is 3. The van der Waals surface area contributed by atoms with E-state index in [4.69, 9.17) is 14.7 Å². The summed E-state index contributed by atoms with van der Waals surface area (Å²) in [6, 6.07) is 20.2. The maximum Gasteiger partial charge on any atom is 0.407 e. The molecule has 15 heteroatoms. The summed E-state index contributed by atoms with van der Waals surface area (Å²) in [5, 5.41) is 2.75. The highest BCUT2D eigenvalue weighted by Gasteiger charge is 2.37. The fourth-order valence-electron chi connectivity index (χ4n) is 8.40. The fraction of sp³-hybridized carbons (Fsp3) is 0.465. The van der Waals surface area contributed by atoms with Gasteiger partial charge in [0.25, 0.3) is 0 Å². The van der Waals surface area contributed by atoms with Crippen LogP contribution in [0.15, 0.2) is 60.7 Å². The van der Waals surface area contributed by atoms with Gasteiger partial charge in [0.1, 0.15) is 17.7 Å². The van der Waals surface area contributed by atoms with Crippen molar-refractivity contribution in [1.29, 1.82) is 0 Å². The number of ether oxygens (including phenoxy) is 1. The lowest BCUT2D eigenvalue weighted by Crippen LogP contribution is -2.49. The van der Waals surface area contributed by atoms with Crippen LogP contribution in [0.3, 0.4) is 0 Å². The number of H-pyrrole nitrogens is 2. The van der Waals surface area contributed by atoms with Crippen molar-refractivity contribution in [3.8, 4) is 22.3 Å². The van der Waals surface area contributed by atoms with Crippen LogP contribution in [0.5, 0.6) is 0 Å². The third-order valence-corrected chi connectivity index (χ3v) is 11.0. The van der Waals surface area contributed by atoms with Crippen LogP contribution in [-0.4, -0.2) is 73.9 Å². The van der Waals surface area contributed by atoms with E-state index in [0.717, 1.165) is 94.6 Å². The number of likely N-dealkylation sites (tertiary alicyclic amines) is 2. The standard InChI is InChI=1S/C43H53N7O4.4H2S/c1-25(2)21-27(5)41(51)49-19-7-9-37(49)39-44-32-17-15-30(23-34(32)46-39)28-11-13-29(14-12-28)31-16-18-33-35(24-31)47-40(45-33)38-10-8-20-50(38)42(52)36(22-26(3)4)48-43(53)54-6;;;;/h11-18,23-27,36-38H,7-10,19-22H2,1-6H3,(H,44,46)(H,45,47)(H,48,53);4*1H2/t27-,36-,37-,38-;;;;/m0..../s1. The minimum Gasteiger partial charge on any atom is -0.453 e. The van der Waals surface area contributed by atoms with Crippen LogP contribution >= 0.6 is 54.0 Å². The molecular weight excluding hydrogens is 807 g/mol. The first-order valence-corrected chi connectivity index (χ1v) is 19.5. The molecular formula is C43H61N7O4S4. The molecule has 4 atom stereocenters. The second-order valence-electron chi connectivity index (χ2n) is 16.0. The lowest BCUT2D eigenvalue weighted by Gasteiger charge is -2.29. The maximum atomic E-state index is 13.7. The summed E-state index contributed by atoms with van der Waals surface area (Å²) in [6.07, 6.45) is 4.40. The van der Waals surface area contributed by atoms with Crippen molar-refractivity contribution in [3.05, 3.63) is 72.3 Å². The lowest BCUT2D eigenvalue weighted by atomic mass is 9.97. The monoisotopic (exact) mass is 867 g/mol. The SMILES string of the molecule is COC(=O)N[C@@H](CC(C)C)C(=O)N1CCC[C@H]1c1nc2ccc(-c3ccc(-c4ccc5nc([C@@H]6CCCN6C(=O)[C@@H](C)CC(C)C)[nH]c5c4)cc3)cc2[nH]1.S.S.S.S. The molecule has 0 aliphatic carbocycles. The van der Waals surface area contributed by atoms with Gasteiger partial charge in [0.15, 0.2) is 0 Å². The molecule has 11 nitrogen and oxygen atoms in total. The van der Waals surface area contributed by atoms with Crippen LogP contribution in [0.2, 0.25) is 0 Å². The Morgan fingerprint density at radius 3 is 1.53 bits per heavy atom. The molecule has 0 unspecified atom stereocenters. The smallest absolute Gasteiger partial charge is 0.407 e. The van der Waals surface area contributed by atoms with Gasteiger partial charge in [0.05, 0.1) is 41.3 Å². The van der Waals surface area contributed by atoms with Gasteiger partial charge in [0, 0.05) is 19.0 Å². The Hall–Kier alpha value is -3.79. The molecule has 0 bridgehead atoms. The minimum atomic E-state index is -0.654. The molecule has 5 aromatic rings. The van der Waals surface area contributed by atoms with Gasteiger partial charge in [-0.05, 0) is 96.9 Å². The van der Waals surface area contributed by atoms with E-state index in [2.05, 4.69) is 83.7 Å². The molecule has 4 heterocycles. The molecule has 2 saturated heterocycles. The Balaban J connectivity index is 0.00000225. The van der Waals surface area contributed by atoms with Gasteiger partial charge in [-0.25, -0.2) is 14.8 Å². The molecule has 316 valence electrons. The molecule has 7 rings (SSSR count). The number of hydrogen-bond acceptors (Lipinski definition) is 6. The third kappa shape index (κ3) is 10.5. The lowest BCUT2D eigenvalue weighted by molar-refractivity contribution is -0.136. The van der Waals surface area contributed by atoms with Crippen molar-refractivity contribution in [2.45, 2.75) is 91.3 Å². The average molecular weight is 868 g/mol. The van der Waals surface area contributed by atoms with Gasteiger partial charge in [0.2, 0.25) is 11.8 Å². The number of imidazole rings is 2. The molecule has 58 heavy (non-hydrogen) atoms. The summed E-state index contributed by atoms with van der Waals surface area (Å²) in [4.78, 5) is 59.9. The van der Waals surface area contributed by atoms with Crippen molar-refractivity contribution in [2.24, 2.45) is 17.8 Å². The van der Waals surface area contributed by atoms with Gasteiger partial charge < -0.3 is 29.8 Å². The fourth-order valence-corrected chi connectivity index (χ4v) is 8.40. The van der Waals surface area contributed by atoms with Gasteiger partial charge in [-0.1, -0.05) is 71.0 Å². The molecule has 2 aromatic heterocycles. The van der Waals surface area contributed by atoms with Crippen molar-refractivity contribution in [3.63, 3.8) is 0 Å². The second kappa shape index (κ2) is 20.9. The zero-order valence-corrected chi connectivity index (χ0v) is 38.3. The van der Waals surface area contributed by atoms with Crippen molar-refractivity contribution >= 4 is 94.0 Å². The summed E-state index contributed by atoms with van der Waals surface area (Å²) in [6.45, 7) is 11.8. The molecule has 3 amide bonds. The van der Waals surface area contributed by atoms with E-state index in [1.54, 1.807) is 0 Å². The number of nitrogens with one attached hydrogen (secondary N) is 3. The maximum absolute atomic E-state index is 13.7. The van der Waals surface area contributed by atoms with Crippen molar-refractivity contribution < 1.29 is 19.1 Å². The summed E-state index contributed by atoms with van der Waals surface area (Å²) in [5.74, 6) is 2.47. The van der Waals surface area contributed by atoms with Gasteiger partial charge in [-0.15, -0.1) is 0 Å². The number of aromatic amines is 2. The highest BCUT2D eigenvalue weighted by Crippen LogP contribution is 2.36. The molecule has 0 saturated carbocycles. The first kappa shape index (κ1) is 48.6. The van der Waals surface area contributed by atoms with Crippen molar-refractivity contribution in [1.82, 2.24) is 35.1 Å². The average Bonchev–Trinajstić information content (AvgIpc) is 3.98. The van der Waals surface area contributed by atoms with Gasteiger partial charge in [-0.3, -0.25) is 9.59 Å². The summed E-state index contributed by atoms with van der Waals surface area (Å²) in [7, 11) is 1.31. The highest BCUT2D eigenvalue weighted by molar-refractivity contribution is 7.59. The van der Waals surface area contributed by atoms with Crippen molar-refractivity contribution in [2.75, 3.05) is 20.2 Å². The van der Waals surface area contributed by atoms with Gasteiger partial charge >= 0.3 is 6.09 Å². The summed E-state index contributed by atoms with van der Waals surface area (Å²) in [5.41, 5.74) is 7.98. The van der Waals surface area contributed by atoms with E-state index in [0.29, 0.717) is 18.9 Å². The van der Waals surface area contributed by atoms with Crippen LogP contribution in [-0.2, 0) is 14.3 Å². The zero-order chi connectivity index (χ0) is 38.1. The Kier molecular flexibility index (Phi) is 17.5. The number of methoxy groups -OCH3 is 1. The number of benzene rings is 3. The van der Waals surface area contributed by atoms with E-state index >= 15 is 0 Å². The molecule has 3 aromatic carbocycles. The second-order valence-corrected chi connectivity index (χ2v) is 16.0. The highest BCUT2D eigenvalue weighted by atomic mass is 32.1.